The highest BCUT2D eigenvalue weighted by molar-refractivity contribution is 5.94. The molecule has 3 heterocycles. The molecule has 0 radical (unpaired) electrons. The molecular formula is C22H31N3O3. The molecule has 1 aromatic rings. The van der Waals surface area contributed by atoms with E-state index in [1.165, 1.54) is 19.3 Å². The Bertz CT molecular complexity index is 680. The zero-order chi connectivity index (χ0) is 19.4. The molecule has 0 aromatic carbocycles. The normalized spacial score (nSPS) is 25.0. The summed E-state index contributed by atoms with van der Waals surface area (Å²) in [6, 6.07) is 3.54. The van der Waals surface area contributed by atoms with Crippen molar-refractivity contribution in [1.29, 1.82) is 0 Å². The van der Waals surface area contributed by atoms with Gasteiger partial charge in [-0.1, -0.05) is 19.3 Å². The number of hydrogen-bond donors (Lipinski definition) is 1. The van der Waals surface area contributed by atoms with Crippen LogP contribution in [-0.2, 0) is 9.53 Å². The maximum Gasteiger partial charge on any atom is 0.253 e. The lowest BCUT2D eigenvalue weighted by Gasteiger charge is -2.39. The van der Waals surface area contributed by atoms with Crippen LogP contribution in [0.4, 0.5) is 0 Å². The predicted octanol–water partition coefficient (Wildman–Crippen LogP) is 2.93. The number of hydrogen-bond acceptors (Lipinski definition) is 4. The molecule has 3 fully saturated rings. The average molecular weight is 386 g/mol. The molecule has 6 heteroatoms. The Labute approximate surface area is 167 Å². The number of nitrogens with zero attached hydrogens (tertiary/aromatic N) is 2. The molecule has 1 spiro atoms. The maximum absolute atomic E-state index is 12.6. The van der Waals surface area contributed by atoms with Crippen LogP contribution in [0.15, 0.2) is 24.5 Å². The van der Waals surface area contributed by atoms with Crippen LogP contribution in [0.1, 0.15) is 68.1 Å². The fourth-order valence-corrected chi connectivity index (χ4v) is 4.92. The number of aromatic nitrogens is 1. The maximum atomic E-state index is 12.6. The summed E-state index contributed by atoms with van der Waals surface area (Å²) < 4.78 is 6.40. The number of carbonyl (C=O) groups excluding carboxylic acids is 2. The van der Waals surface area contributed by atoms with Crippen molar-refractivity contribution >= 4 is 11.8 Å². The summed E-state index contributed by atoms with van der Waals surface area (Å²) in [5, 5.41) is 3.13. The van der Waals surface area contributed by atoms with E-state index in [1.54, 1.807) is 24.5 Å². The van der Waals surface area contributed by atoms with Crippen molar-refractivity contribution in [1.82, 2.24) is 15.2 Å². The number of likely N-dealkylation sites (tertiary alicyclic amines) is 1. The molecule has 1 atom stereocenters. The fraction of sp³-hybridized carbons (Fsp3) is 0.682. The topological polar surface area (TPSA) is 71.5 Å². The standard InChI is InChI=1S/C22H31N3O3/c26-20(17-4-2-1-3-5-17)24-16-19-6-9-22(28-19)10-14-25(15-11-22)21(27)18-7-12-23-13-8-18/h7-8,12-13,17,19H,1-6,9-11,14-16H2,(H,24,26). The first-order valence-electron chi connectivity index (χ1n) is 10.8. The van der Waals surface area contributed by atoms with E-state index in [1.807, 2.05) is 4.90 Å². The Hall–Kier alpha value is -1.95. The van der Waals surface area contributed by atoms with Gasteiger partial charge < -0.3 is 15.0 Å². The van der Waals surface area contributed by atoms with Crippen molar-refractivity contribution < 1.29 is 14.3 Å². The monoisotopic (exact) mass is 385 g/mol. The number of rotatable bonds is 4. The van der Waals surface area contributed by atoms with Gasteiger partial charge in [-0.2, -0.15) is 0 Å². The number of amides is 2. The van der Waals surface area contributed by atoms with E-state index in [9.17, 15) is 9.59 Å². The van der Waals surface area contributed by atoms with E-state index >= 15 is 0 Å². The van der Waals surface area contributed by atoms with Gasteiger partial charge in [-0.3, -0.25) is 14.6 Å². The van der Waals surface area contributed by atoms with Crippen LogP contribution in [0.5, 0.6) is 0 Å². The van der Waals surface area contributed by atoms with Gasteiger partial charge in [0.1, 0.15) is 0 Å². The first-order valence-corrected chi connectivity index (χ1v) is 10.8. The summed E-state index contributed by atoms with van der Waals surface area (Å²) in [6.45, 7) is 2.07. The molecule has 28 heavy (non-hydrogen) atoms. The fourth-order valence-electron chi connectivity index (χ4n) is 4.92. The summed E-state index contributed by atoms with van der Waals surface area (Å²) in [6.07, 6.45) is 12.9. The molecule has 1 aliphatic carbocycles. The molecule has 2 amide bonds. The van der Waals surface area contributed by atoms with Crippen molar-refractivity contribution in [3.8, 4) is 0 Å². The van der Waals surface area contributed by atoms with Gasteiger partial charge in [0.25, 0.3) is 5.91 Å². The molecule has 1 N–H and O–H groups in total. The molecular weight excluding hydrogens is 354 g/mol. The van der Waals surface area contributed by atoms with E-state index < -0.39 is 0 Å². The van der Waals surface area contributed by atoms with Crippen molar-refractivity contribution in [3.05, 3.63) is 30.1 Å². The smallest absolute Gasteiger partial charge is 0.253 e. The van der Waals surface area contributed by atoms with Gasteiger partial charge in [0.15, 0.2) is 0 Å². The first kappa shape index (κ1) is 19.4. The van der Waals surface area contributed by atoms with Crippen LogP contribution in [0.2, 0.25) is 0 Å². The second-order valence-corrected chi connectivity index (χ2v) is 8.57. The molecule has 2 aliphatic heterocycles. The van der Waals surface area contributed by atoms with Crippen LogP contribution in [0.25, 0.3) is 0 Å². The van der Waals surface area contributed by atoms with Crippen LogP contribution in [0, 0.1) is 5.92 Å². The summed E-state index contributed by atoms with van der Waals surface area (Å²) in [5.74, 6) is 0.486. The molecule has 3 aliphatic rings. The van der Waals surface area contributed by atoms with Gasteiger partial charge in [0.05, 0.1) is 11.7 Å². The molecule has 1 saturated carbocycles. The molecule has 1 aromatic heterocycles. The van der Waals surface area contributed by atoms with E-state index in [4.69, 9.17) is 4.74 Å². The summed E-state index contributed by atoms with van der Waals surface area (Å²) in [4.78, 5) is 30.9. The summed E-state index contributed by atoms with van der Waals surface area (Å²) in [5.41, 5.74) is 0.580. The highest BCUT2D eigenvalue weighted by Gasteiger charge is 2.43. The van der Waals surface area contributed by atoms with Gasteiger partial charge in [0.2, 0.25) is 5.91 Å². The minimum atomic E-state index is -0.116. The van der Waals surface area contributed by atoms with Gasteiger partial charge in [-0.05, 0) is 50.7 Å². The zero-order valence-electron chi connectivity index (χ0n) is 16.6. The second-order valence-electron chi connectivity index (χ2n) is 8.57. The van der Waals surface area contributed by atoms with E-state index in [0.717, 1.165) is 51.6 Å². The Balaban J connectivity index is 1.23. The molecule has 0 bridgehead atoms. The minimum absolute atomic E-state index is 0.0755. The quantitative estimate of drug-likeness (QED) is 0.865. The lowest BCUT2D eigenvalue weighted by Crippen LogP contribution is -2.47. The molecule has 152 valence electrons. The van der Waals surface area contributed by atoms with Crippen molar-refractivity contribution in [2.75, 3.05) is 19.6 Å². The van der Waals surface area contributed by atoms with Crippen molar-refractivity contribution in [3.63, 3.8) is 0 Å². The highest BCUT2D eigenvalue weighted by atomic mass is 16.5. The van der Waals surface area contributed by atoms with E-state index in [0.29, 0.717) is 12.1 Å². The summed E-state index contributed by atoms with van der Waals surface area (Å²) in [7, 11) is 0. The van der Waals surface area contributed by atoms with E-state index in [2.05, 4.69) is 10.3 Å². The van der Waals surface area contributed by atoms with Crippen LogP contribution in [-0.4, -0.2) is 53.0 Å². The van der Waals surface area contributed by atoms with Crippen molar-refractivity contribution in [2.24, 2.45) is 5.92 Å². The molecule has 4 rings (SSSR count). The largest absolute Gasteiger partial charge is 0.370 e. The lowest BCUT2D eigenvalue weighted by molar-refractivity contribution is -0.127. The Morgan fingerprint density at radius 1 is 1.07 bits per heavy atom. The second kappa shape index (κ2) is 8.60. The SMILES string of the molecule is O=C(NCC1CCC2(CCN(C(=O)c3ccncc3)CC2)O1)C1CCCCC1. The van der Waals surface area contributed by atoms with Gasteiger partial charge >= 0.3 is 0 Å². The number of piperidine rings is 1. The van der Waals surface area contributed by atoms with Gasteiger partial charge in [-0.15, -0.1) is 0 Å². The van der Waals surface area contributed by atoms with Crippen LogP contribution < -0.4 is 5.32 Å². The Kier molecular flexibility index (Phi) is 5.95. The summed E-state index contributed by atoms with van der Waals surface area (Å²) >= 11 is 0. The van der Waals surface area contributed by atoms with Crippen molar-refractivity contribution in [2.45, 2.75) is 69.5 Å². The van der Waals surface area contributed by atoms with E-state index in [-0.39, 0.29) is 29.4 Å². The van der Waals surface area contributed by atoms with Gasteiger partial charge in [-0.25, -0.2) is 0 Å². The first-order chi connectivity index (χ1) is 13.7. The zero-order valence-corrected chi connectivity index (χ0v) is 16.6. The number of nitrogens with one attached hydrogen (secondary N) is 1. The Morgan fingerprint density at radius 3 is 2.50 bits per heavy atom. The number of carbonyl (C=O) groups is 2. The predicted molar refractivity (Wildman–Crippen MR) is 106 cm³/mol. The molecule has 2 saturated heterocycles. The number of pyridine rings is 1. The lowest BCUT2D eigenvalue weighted by atomic mass is 9.88. The third kappa shape index (κ3) is 4.37. The third-order valence-electron chi connectivity index (χ3n) is 6.71. The Morgan fingerprint density at radius 2 is 1.79 bits per heavy atom. The van der Waals surface area contributed by atoms with Crippen LogP contribution in [0.3, 0.4) is 0 Å². The van der Waals surface area contributed by atoms with Crippen LogP contribution >= 0.6 is 0 Å². The molecule has 6 nitrogen and oxygen atoms in total. The average Bonchev–Trinajstić information content (AvgIpc) is 3.16. The highest BCUT2D eigenvalue weighted by Crippen LogP contribution is 2.39. The minimum Gasteiger partial charge on any atom is -0.370 e. The van der Waals surface area contributed by atoms with Gasteiger partial charge in [0, 0.05) is 43.5 Å². The third-order valence-corrected chi connectivity index (χ3v) is 6.71. The molecule has 1 unspecified atom stereocenters. The number of ether oxygens (including phenoxy) is 1.